The van der Waals surface area contributed by atoms with Crippen molar-refractivity contribution in [3.05, 3.63) is 76.9 Å². The molecule has 0 spiro atoms. The van der Waals surface area contributed by atoms with Crippen LogP contribution in [0.25, 0.3) is 10.1 Å². The van der Waals surface area contributed by atoms with Crippen LogP contribution >= 0.6 is 11.3 Å². The first kappa shape index (κ1) is 26.9. The van der Waals surface area contributed by atoms with E-state index < -0.39 is 6.10 Å². The number of ether oxygens (including phenoxy) is 1. The van der Waals surface area contributed by atoms with Crippen LogP contribution in [0.1, 0.15) is 69.0 Å². The van der Waals surface area contributed by atoms with Crippen molar-refractivity contribution in [2.45, 2.75) is 72.3 Å². The van der Waals surface area contributed by atoms with E-state index in [0.717, 1.165) is 36.8 Å². The lowest BCUT2D eigenvalue weighted by Crippen LogP contribution is -2.26. The summed E-state index contributed by atoms with van der Waals surface area (Å²) in [5, 5.41) is 18.8. The van der Waals surface area contributed by atoms with Crippen LogP contribution in [0, 0.1) is 12.8 Å². The highest BCUT2D eigenvalue weighted by molar-refractivity contribution is 7.19. The number of aliphatic hydroxyl groups excluding tert-OH is 2. The predicted molar refractivity (Wildman–Crippen MR) is 143 cm³/mol. The highest BCUT2D eigenvalue weighted by atomic mass is 32.1. The molecule has 0 fully saturated rings. The maximum Gasteiger partial charge on any atom is 0.122 e. The molecule has 0 aliphatic carbocycles. The number of fused-ring (bicyclic) bond motifs is 1. The molecular formula is C29H40O3S. The summed E-state index contributed by atoms with van der Waals surface area (Å²) in [5.74, 6) is 1.05. The van der Waals surface area contributed by atoms with Gasteiger partial charge in [0.05, 0.1) is 12.4 Å². The third kappa shape index (κ3) is 6.18. The molecule has 0 amide bonds. The fraction of sp³-hybridized carbons (Fsp3) is 0.448. The van der Waals surface area contributed by atoms with Crippen LogP contribution in [0.15, 0.2) is 55.3 Å². The fourth-order valence-corrected chi connectivity index (χ4v) is 5.26. The minimum absolute atomic E-state index is 0.0107. The SMILES string of the molecule is C=CO.CCc1cc2cc(C(CC)(CC)c3ccc(OCC(O)C(C)C)c(C)c3)ccc2s1. The molecule has 3 nitrogen and oxygen atoms in total. The molecule has 0 bridgehead atoms. The molecule has 0 saturated carbocycles. The highest BCUT2D eigenvalue weighted by Crippen LogP contribution is 2.42. The molecule has 1 atom stereocenters. The van der Waals surface area contributed by atoms with Gasteiger partial charge in [-0.05, 0) is 78.4 Å². The number of rotatable bonds is 9. The highest BCUT2D eigenvalue weighted by Gasteiger charge is 2.31. The normalized spacial score (nSPS) is 12.4. The van der Waals surface area contributed by atoms with Crippen molar-refractivity contribution in [2.75, 3.05) is 6.61 Å². The largest absolute Gasteiger partial charge is 0.516 e. The number of hydrogen-bond acceptors (Lipinski definition) is 4. The molecule has 180 valence electrons. The van der Waals surface area contributed by atoms with E-state index in [9.17, 15) is 5.11 Å². The molecule has 2 N–H and O–H groups in total. The zero-order valence-electron chi connectivity index (χ0n) is 21.0. The quantitative estimate of drug-likeness (QED) is 0.313. The standard InChI is InChI=1S/C27H36O2S.C2H4O/c1-7-23-16-20-15-22(11-13-26(20)30-23)27(8-2,9-3)21-10-12-25(19(6)14-21)29-17-24(28)18(4)5;1-2-3/h10-16,18,24,28H,7-9,17H2,1-6H3;2-3H,1H2. The smallest absolute Gasteiger partial charge is 0.122 e. The molecule has 0 radical (unpaired) electrons. The minimum Gasteiger partial charge on any atom is -0.516 e. The molecule has 2 aromatic carbocycles. The molecule has 0 aliphatic rings. The average molecular weight is 469 g/mol. The fourth-order valence-electron chi connectivity index (χ4n) is 4.28. The first-order chi connectivity index (χ1) is 15.8. The summed E-state index contributed by atoms with van der Waals surface area (Å²) in [6.45, 7) is 16.2. The van der Waals surface area contributed by atoms with Crippen LogP contribution in [0.3, 0.4) is 0 Å². The van der Waals surface area contributed by atoms with Gasteiger partial charge in [-0.25, -0.2) is 0 Å². The number of aryl methyl sites for hydroxylation is 2. The lowest BCUT2D eigenvalue weighted by atomic mass is 9.70. The van der Waals surface area contributed by atoms with Gasteiger partial charge in [0.1, 0.15) is 12.4 Å². The van der Waals surface area contributed by atoms with E-state index in [4.69, 9.17) is 9.84 Å². The van der Waals surface area contributed by atoms with Crippen LogP contribution < -0.4 is 4.74 Å². The van der Waals surface area contributed by atoms with E-state index in [2.05, 4.69) is 76.7 Å². The first-order valence-electron chi connectivity index (χ1n) is 12.0. The Bertz CT molecular complexity index is 1030. The Labute approximate surface area is 203 Å². The van der Waals surface area contributed by atoms with Crippen molar-refractivity contribution in [1.82, 2.24) is 0 Å². The third-order valence-electron chi connectivity index (χ3n) is 6.58. The molecule has 0 saturated heterocycles. The van der Waals surface area contributed by atoms with Crippen LogP contribution in [-0.4, -0.2) is 22.9 Å². The van der Waals surface area contributed by atoms with Crippen LogP contribution in [0.2, 0.25) is 0 Å². The van der Waals surface area contributed by atoms with Gasteiger partial charge >= 0.3 is 0 Å². The number of benzene rings is 2. The van der Waals surface area contributed by atoms with Gasteiger partial charge in [-0.15, -0.1) is 11.3 Å². The van der Waals surface area contributed by atoms with Gasteiger partial charge in [-0.1, -0.05) is 59.4 Å². The molecule has 3 aromatic rings. The second-order valence-electron chi connectivity index (χ2n) is 8.89. The molecule has 0 aliphatic heterocycles. The van der Waals surface area contributed by atoms with Crippen molar-refractivity contribution < 1.29 is 14.9 Å². The molecule has 1 aromatic heterocycles. The molecule has 4 heteroatoms. The Balaban J connectivity index is 0.00000122. The van der Waals surface area contributed by atoms with E-state index in [1.54, 1.807) is 0 Å². The van der Waals surface area contributed by atoms with Gasteiger partial charge in [0.25, 0.3) is 0 Å². The summed E-state index contributed by atoms with van der Waals surface area (Å²) >= 11 is 1.90. The van der Waals surface area contributed by atoms with Crippen molar-refractivity contribution in [2.24, 2.45) is 5.92 Å². The van der Waals surface area contributed by atoms with E-state index in [-0.39, 0.29) is 11.3 Å². The second kappa shape index (κ2) is 12.2. The predicted octanol–water partition coefficient (Wildman–Crippen LogP) is 7.96. The van der Waals surface area contributed by atoms with E-state index in [1.807, 2.05) is 25.2 Å². The maximum atomic E-state index is 10.1. The van der Waals surface area contributed by atoms with Crippen molar-refractivity contribution in [1.29, 1.82) is 0 Å². The molecule has 1 heterocycles. The van der Waals surface area contributed by atoms with Crippen molar-refractivity contribution >= 4 is 21.4 Å². The summed E-state index contributed by atoms with van der Waals surface area (Å²) in [6, 6.07) is 15.9. The van der Waals surface area contributed by atoms with Gasteiger partial charge in [-0.2, -0.15) is 0 Å². The number of thiophene rings is 1. The second-order valence-corrected chi connectivity index (χ2v) is 10.1. The Morgan fingerprint density at radius 1 is 1.03 bits per heavy atom. The van der Waals surface area contributed by atoms with Crippen molar-refractivity contribution in [3.63, 3.8) is 0 Å². The average Bonchev–Trinajstić information content (AvgIpc) is 3.23. The van der Waals surface area contributed by atoms with Gasteiger partial charge in [-0.3, -0.25) is 0 Å². The van der Waals surface area contributed by atoms with Gasteiger partial charge in [0.15, 0.2) is 0 Å². The molecule has 33 heavy (non-hydrogen) atoms. The monoisotopic (exact) mass is 468 g/mol. The van der Waals surface area contributed by atoms with Crippen molar-refractivity contribution in [3.8, 4) is 5.75 Å². The zero-order chi connectivity index (χ0) is 24.6. The lowest BCUT2D eigenvalue weighted by Gasteiger charge is -2.34. The molecule has 1 unspecified atom stereocenters. The van der Waals surface area contributed by atoms with Gasteiger partial charge in [0.2, 0.25) is 0 Å². The number of aliphatic hydroxyl groups is 2. The van der Waals surface area contributed by atoms with E-state index in [1.165, 1.54) is 26.1 Å². The maximum absolute atomic E-state index is 10.1. The summed E-state index contributed by atoms with van der Waals surface area (Å²) in [5.41, 5.74) is 3.85. The molecule has 3 rings (SSSR count). The minimum atomic E-state index is -0.445. The van der Waals surface area contributed by atoms with Gasteiger partial charge < -0.3 is 14.9 Å². The Hall–Kier alpha value is -2.30. The van der Waals surface area contributed by atoms with Crippen LogP contribution in [0.4, 0.5) is 0 Å². The summed E-state index contributed by atoms with van der Waals surface area (Å²) < 4.78 is 7.30. The van der Waals surface area contributed by atoms with Crippen LogP contribution in [-0.2, 0) is 11.8 Å². The number of hydrogen-bond donors (Lipinski definition) is 2. The Morgan fingerprint density at radius 2 is 1.64 bits per heavy atom. The third-order valence-corrected chi connectivity index (χ3v) is 7.84. The van der Waals surface area contributed by atoms with E-state index >= 15 is 0 Å². The topological polar surface area (TPSA) is 49.7 Å². The van der Waals surface area contributed by atoms with E-state index in [0.29, 0.717) is 6.61 Å². The summed E-state index contributed by atoms with van der Waals surface area (Å²) in [6.07, 6.45) is 3.49. The Morgan fingerprint density at radius 3 is 2.18 bits per heavy atom. The van der Waals surface area contributed by atoms with Crippen LogP contribution in [0.5, 0.6) is 5.75 Å². The summed E-state index contributed by atoms with van der Waals surface area (Å²) in [7, 11) is 0. The zero-order valence-corrected chi connectivity index (χ0v) is 21.8. The molecular weight excluding hydrogens is 428 g/mol. The lowest BCUT2D eigenvalue weighted by molar-refractivity contribution is 0.0698. The van der Waals surface area contributed by atoms with Gasteiger partial charge in [0, 0.05) is 15.0 Å². The Kier molecular flexibility index (Phi) is 10.00. The summed E-state index contributed by atoms with van der Waals surface area (Å²) in [4.78, 5) is 1.45. The first-order valence-corrected chi connectivity index (χ1v) is 12.8.